The van der Waals surface area contributed by atoms with Gasteiger partial charge in [0.25, 0.3) is 11.5 Å². The van der Waals surface area contributed by atoms with Crippen molar-refractivity contribution in [3.8, 4) is 6.07 Å². The minimum atomic E-state index is -0.505. The Kier molecular flexibility index (Phi) is 8.61. The van der Waals surface area contributed by atoms with Crippen molar-refractivity contribution in [2.75, 3.05) is 35.2 Å². The number of rotatable bonds is 8. The summed E-state index contributed by atoms with van der Waals surface area (Å²) in [5, 5.41) is 18.2. The number of thiazole rings is 1. The number of aromatic nitrogens is 1. The van der Waals surface area contributed by atoms with E-state index in [0.717, 1.165) is 36.4 Å². The molecule has 38 heavy (non-hydrogen) atoms. The van der Waals surface area contributed by atoms with E-state index < -0.39 is 5.91 Å². The number of carbonyl (C=O) groups excluding carboxylic acids is 2. The Balaban J connectivity index is 1.51. The van der Waals surface area contributed by atoms with Crippen molar-refractivity contribution in [3.63, 3.8) is 0 Å². The number of para-hydroxylation sites is 1. The van der Waals surface area contributed by atoms with Gasteiger partial charge in [-0.2, -0.15) is 5.26 Å². The number of nitriles is 1. The van der Waals surface area contributed by atoms with E-state index >= 15 is 0 Å². The highest BCUT2D eigenvalue weighted by Gasteiger charge is 2.19. The molecular formula is C28H30N6O3S. The Labute approximate surface area is 224 Å². The van der Waals surface area contributed by atoms with Gasteiger partial charge in [-0.25, -0.2) is 0 Å². The molecule has 9 nitrogen and oxygen atoms in total. The zero-order valence-corrected chi connectivity index (χ0v) is 22.2. The van der Waals surface area contributed by atoms with E-state index in [4.69, 9.17) is 0 Å². The highest BCUT2D eigenvalue weighted by molar-refractivity contribution is 7.07. The average molecular weight is 531 g/mol. The molecule has 0 atom stereocenters. The second-order valence-electron chi connectivity index (χ2n) is 8.74. The second kappa shape index (κ2) is 12.3. The van der Waals surface area contributed by atoms with E-state index in [1.165, 1.54) is 10.1 Å². The highest BCUT2D eigenvalue weighted by atomic mass is 32.1. The second-order valence-corrected chi connectivity index (χ2v) is 9.77. The Morgan fingerprint density at radius 2 is 1.92 bits per heavy atom. The lowest BCUT2D eigenvalue weighted by Crippen LogP contribution is -2.36. The maximum absolute atomic E-state index is 12.9. The minimum Gasteiger partial charge on any atom is -0.362 e. The van der Waals surface area contributed by atoms with Crippen LogP contribution in [0, 0.1) is 11.3 Å². The molecule has 0 radical (unpaired) electrons. The molecule has 3 N–H and O–H groups in total. The van der Waals surface area contributed by atoms with Crippen molar-refractivity contribution >= 4 is 52.0 Å². The van der Waals surface area contributed by atoms with Gasteiger partial charge in [-0.3, -0.25) is 19.0 Å². The summed E-state index contributed by atoms with van der Waals surface area (Å²) >= 11 is 1.08. The van der Waals surface area contributed by atoms with Crippen LogP contribution in [0.4, 0.5) is 17.1 Å². The van der Waals surface area contributed by atoms with Crippen molar-refractivity contribution in [1.29, 1.82) is 5.26 Å². The van der Waals surface area contributed by atoms with E-state index in [0.29, 0.717) is 33.7 Å². The summed E-state index contributed by atoms with van der Waals surface area (Å²) in [6, 6.07) is 17.3. The summed E-state index contributed by atoms with van der Waals surface area (Å²) in [5.41, 5.74) is 3.30. The molecule has 0 bridgehead atoms. The molecule has 4 rings (SSSR count). The number of benzene rings is 2. The Morgan fingerprint density at radius 3 is 2.68 bits per heavy atom. The lowest BCUT2D eigenvalue weighted by molar-refractivity contribution is -0.116. The molecule has 0 saturated heterocycles. The number of carbonyl (C=O) groups is 2. The Bertz CT molecular complexity index is 1570. The van der Waals surface area contributed by atoms with Crippen LogP contribution in [0.15, 0.2) is 53.3 Å². The third kappa shape index (κ3) is 5.95. The van der Waals surface area contributed by atoms with E-state index in [9.17, 15) is 19.6 Å². The van der Waals surface area contributed by atoms with Crippen LogP contribution in [-0.4, -0.2) is 36.0 Å². The van der Waals surface area contributed by atoms with Crippen molar-refractivity contribution in [3.05, 3.63) is 73.6 Å². The van der Waals surface area contributed by atoms with E-state index in [1.807, 2.05) is 30.3 Å². The van der Waals surface area contributed by atoms with Crippen molar-refractivity contribution in [2.24, 2.45) is 0 Å². The van der Waals surface area contributed by atoms with E-state index in [2.05, 4.69) is 33.0 Å². The molecule has 196 valence electrons. The molecule has 1 aromatic heterocycles. The Hall–Kier alpha value is -4.36. The first kappa shape index (κ1) is 26.7. The van der Waals surface area contributed by atoms with Gasteiger partial charge in [-0.05, 0) is 56.5 Å². The smallest absolute Gasteiger partial charge is 0.270 e. The average Bonchev–Trinajstić information content (AvgIpc) is 3.23. The molecule has 0 unspecified atom stereocenters. The molecule has 3 aromatic rings. The van der Waals surface area contributed by atoms with E-state index in [-0.39, 0.29) is 23.6 Å². The van der Waals surface area contributed by atoms with Crippen LogP contribution in [0.2, 0.25) is 0 Å². The summed E-state index contributed by atoms with van der Waals surface area (Å²) in [7, 11) is 0. The molecule has 1 aliphatic heterocycles. The van der Waals surface area contributed by atoms with E-state index in [1.54, 1.807) is 32.2 Å². The monoisotopic (exact) mass is 530 g/mol. The number of fused-ring (bicyclic) bond motifs is 1. The SMILES string of the molecule is CCNC(=O)C(C#N)=c1sc(=CNc2cccc(NC(=O)CN3CCCc4ccccc43)c2)c(=O)n1CC. The maximum Gasteiger partial charge on any atom is 0.270 e. The normalized spacial score (nSPS) is 13.8. The predicted octanol–water partition coefficient (Wildman–Crippen LogP) is 1.98. The summed E-state index contributed by atoms with van der Waals surface area (Å²) in [5.74, 6) is -0.615. The van der Waals surface area contributed by atoms with Crippen LogP contribution in [-0.2, 0) is 22.6 Å². The van der Waals surface area contributed by atoms with Crippen LogP contribution in [0.1, 0.15) is 25.8 Å². The molecule has 0 fully saturated rings. The van der Waals surface area contributed by atoms with Gasteiger partial charge in [0.2, 0.25) is 5.91 Å². The lowest BCUT2D eigenvalue weighted by Gasteiger charge is -2.30. The third-order valence-corrected chi connectivity index (χ3v) is 7.30. The molecule has 2 amide bonds. The first-order valence-electron chi connectivity index (χ1n) is 12.6. The highest BCUT2D eigenvalue weighted by Crippen LogP contribution is 2.26. The van der Waals surface area contributed by atoms with Crippen LogP contribution in [0.25, 0.3) is 11.8 Å². The first-order valence-corrected chi connectivity index (χ1v) is 13.4. The molecule has 2 aromatic carbocycles. The van der Waals surface area contributed by atoms with Crippen molar-refractivity contribution < 1.29 is 9.59 Å². The van der Waals surface area contributed by atoms with Gasteiger partial charge in [0.1, 0.15) is 15.3 Å². The van der Waals surface area contributed by atoms with Crippen LogP contribution in [0.3, 0.4) is 0 Å². The maximum atomic E-state index is 12.9. The fourth-order valence-corrected chi connectivity index (χ4v) is 5.51. The van der Waals surface area contributed by atoms with Gasteiger partial charge in [0.05, 0.1) is 6.54 Å². The summed E-state index contributed by atoms with van der Waals surface area (Å²) < 4.78 is 2.10. The summed E-state index contributed by atoms with van der Waals surface area (Å²) in [6.45, 7) is 5.36. The van der Waals surface area contributed by atoms with Gasteiger partial charge < -0.3 is 20.9 Å². The van der Waals surface area contributed by atoms with Gasteiger partial charge in [0, 0.05) is 42.9 Å². The fraction of sp³-hybridized carbons (Fsp3) is 0.286. The molecule has 0 saturated carbocycles. The number of aryl methyl sites for hydroxylation is 1. The number of nitrogens with one attached hydrogen (secondary N) is 3. The van der Waals surface area contributed by atoms with Gasteiger partial charge in [0.15, 0.2) is 5.57 Å². The van der Waals surface area contributed by atoms with Crippen LogP contribution >= 0.6 is 11.3 Å². The first-order chi connectivity index (χ1) is 18.4. The van der Waals surface area contributed by atoms with Crippen molar-refractivity contribution in [2.45, 2.75) is 33.2 Å². The third-order valence-electron chi connectivity index (χ3n) is 6.17. The molecule has 1 aliphatic rings. The lowest BCUT2D eigenvalue weighted by atomic mass is 10.0. The summed E-state index contributed by atoms with van der Waals surface area (Å²) in [6.07, 6.45) is 3.59. The number of nitrogens with zero attached hydrogens (tertiary/aromatic N) is 3. The van der Waals surface area contributed by atoms with Crippen LogP contribution in [0.5, 0.6) is 0 Å². The van der Waals surface area contributed by atoms with Gasteiger partial charge in [-0.1, -0.05) is 24.3 Å². The van der Waals surface area contributed by atoms with Gasteiger partial charge >= 0.3 is 0 Å². The number of hydrogen-bond donors (Lipinski definition) is 3. The molecule has 2 heterocycles. The summed E-state index contributed by atoms with van der Waals surface area (Å²) in [4.78, 5) is 40.1. The van der Waals surface area contributed by atoms with Crippen LogP contribution < -0.4 is 35.6 Å². The fourth-order valence-electron chi connectivity index (χ4n) is 4.42. The number of anilines is 3. The molecule has 10 heteroatoms. The minimum absolute atomic E-state index is 0.0866. The molecule has 0 aliphatic carbocycles. The Morgan fingerprint density at radius 1 is 1.13 bits per heavy atom. The standard InChI is InChI=1S/C28H30N6O3S/c1-3-30-26(36)22(16-29)28-34(4-2)27(37)24(38-28)17-31-20-11-7-12-21(15-20)32-25(35)18-33-14-8-10-19-9-5-6-13-23(19)33/h5-7,9,11-13,15,17,31H,3-4,8,10,14,18H2,1-2H3,(H,30,36)(H,32,35). The quantitative estimate of drug-likeness (QED) is 0.410. The zero-order chi connectivity index (χ0) is 27.1. The zero-order valence-electron chi connectivity index (χ0n) is 21.4. The number of hydrogen-bond acceptors (Lipinski definition) is 7. The predicted molar refractivity (Wildman–Crippen MR) is 151 cm³/mol. The molecule has 0 spiro atoms. The number of amides is 2. The van der Waals surface area contributed by atoms with Gasteiger partial charge in [-0.15, -0.1) is 11.3 Å². The topological polar surface area (TPSA) is 119 Å². The largest absolute Gasteiger partial charge is 0.362 e. The molecular weight excluding hydrogens is 500 g/mol. The van der Waals surface area contributed by atoms with Crippen molar-refractivity contribution in [1.82, 2.24) is 9.88 Å².